The zero-order valence-electron chi connectivity index (χ0n) is 68.3. The minimum atomic E-state index is -0.0258. The Kier molecular flexibility index (Phi) is 18.4. The quantitative estimate of drug-likeness (QED) is 0.156. The molecule has 12 aromatic carbocycles. The highest BCUT2D eigenvalue weighted by Crippen LogP contribution is 2.60. The summed E-state index contributed by atoms with van der Waals surface area (Å²) in [6.45, 7) is 28.4. The van der Waals surface area contributed by atoms with Crippen LogP contribution in [0.4, 0.5) is 0 Å². The molecule has 16 aromatic rings. The van der Waals surface area contributed by atoms with Crippen LogP contribution in [0.2, 0.25) is 0 Å². The Morgan fingerprint density at radius 2 is 0.589 bits per heavy atom. The van der Waals surface area contributed by atoms with Gasteiger partial charge in [-0.3, -0.25) is 0 Å². The summed E-state index contributed by atoms with van der Waals surface area (Å²) >= 11 is 0. The first kappa shape index (κ1) is 73.1. The predicted molar refractivity (Wildman–Crippen MR) is 470 cm³/mol. The molecule has 20 rings (SSSR count). The fourth-order valence-electron chi connectivity index (χ4n) is 19.7. The van der Waals surface area contributed by atoms with Gasteiger partial charge in [-0.05, 0) is 261 Å². The number of rotatable bonds is 4. The van der Waals surface area contributed by atoms with Gasteiger partial charge >= 0.3 is 0 Å². The largest absolute Gasteiger partial charge is 0.212 e. The number of hydrogen-bond donors (Lipinski definition) is 0. The molecule has 0 unspecified atom stereocenters. The van der Waals surface area contributed by atoms with E-state index in [-0.39, 0.29) is 21.7 Å². The lowest BCUT2D eigenvalue weighted by Crippen LogP contribution is -2.44. The molecule has 0 saturated heterocycles. The van der Waals surface area contributed by atoms with Crippen LogP contribution < -0.4 is 18.3 Å². The van der Waals surface area contributed by atoms with E-state index >= 15 is 0 Å². The third kappa shape index (κ3) is 12.0. The van der Waals surface area contributed by atoms with Crippen LogP contribution in [0.1, 0.15) is 122 Å². The first-order chi connectivity index (χ1) is 53.9. The Labute approximate surface area is 663 Å². The molecular weight excluding hydrogens is 1350 g/mol. The van der Waals surface area contributed by atoms with E-state index in [4.69, 9.17) is 0 Å². The van der Waals surface area contributed by atoms with E-state index in [0.29, 0.717) is 0 Å². The molecule has 0 fully saturated rings. The third-order valence-corrected chi connectivity index (χ3v) is 27.0. The van der Waals surface area contributed by atoms with Crippen molar-refractivity contribution in [1.82, 2.24) is 0 Å². The minimum Gasteiger partial charge on any atom is -0.201 e. The second-order valence-corrected chi connectivity index (χ2v) is 34.3. The van der Waals surface area contributed by atoms with E-state index in [1.54, 1.807) is 0 Å². The molecular formula is C108H104N4+4. The minimum absolute atomic E-state index is 0.00470. The van der Waals surface area contributed by atoms with Gasteiger partial charge in [-0.1, -0.05) is 231 Å². The molecule has 0 spiro atoms. The average Bonchev–Trinajstić information content (AvgIpc) is 0.697. The van der Waals surface area contributed by atoms with Gasteiger partial charge < -0.3 is 0 Å². The van der Waals surface area contributed by atoms with Crippen LogP contribution in [0.25, 0.3) is 133 Å². The Balaban J connectivity index is 0.000000109. The van der Waals surface area contributed by atoms with Crippen LogP contribution in [0.5, 0.6) is 0 Å². The number of nitrogens with zero attached hydrogens (tertiary/aromatic N) is 4. The second kappa shape index (κ2) is 28.2. The Bertz CT molecular complexity index is 6460. The summed E-state index contributed by atoms with van der Waals surface area (Å²) in [6.07, 6.45) is 13.0. The summed E-state index contributed by atoms with van der Waals surface area (Å²) < 4.78 is 8.98. The number of aryl methyl sites for hydroxylation is 10. The van der Waals surface area contributed by atoms with Crippen molar-refractivity contribution in [2.24, 2.45) is 28.2 Å². The van der Waals surface area contributed by atoms with E-state index in [9.17, 15) is 0 Å². The summed E-state index contributed by atoms with van der Waals surface area (Å²) in [5, 5.41) is 10.7. The molecule has 552 valence electrons. The van der Waals surface area contributed by atoms with Gasteiger partial charge in [0.2, 0.25) is 22.8 Å². The maximum atomic E-state index is 2.43. The van der Waals surface area contributed by atoms with Crippen molar-refractivity contribution in [1.29, 1.82) is 0 Å². The van der Waals surface area contributed by atoms with Gasteiger partial charge in [0.1, 0.15) is 28.2 Å². The molecule has 0 radical (unpaired) electrons. The van der Waals surface area contributed by atoms with Crippen LogP contribution in [0.3, 0.4) is 0 Å². The molecule has 4 aliphatic carbocycles. The van der Waals surface area contributed by atoms with Crippen LogP contribution >= 0.6 is 0 Å². The molecule has 4 aromatic heterocycles. The lowest BCUT2D eigenvalue weighted by atomic mass is 9.54. The second-order valence-electron chi connectivity index (χ2n) is 34.3. The summed E-state index contributed by atoms with van der Waals surface area (Å²) in [6, 6.07) is 98.4. The van der Waals surface area contributed by atoms with Crippen molar-refractivity contribution in [3.8, 4) is 89.5 Å². The fourth-order valence-corrected chi connectivity index (χ4v) is 19.7. The number of benzene rings is 12. The molecule has 112 heavy (non-hydrogen) atoms. The Hall–Kier alpha value is -11.7. The van der Waals surface area contributed by atoms with E-state index in [2.05, 4.69) is 421 Å². The van der Waals surface area contributed by atoms with E-state index in [1.807, 2.05) is 0 Å². The number of fused-ring (bicyclic) bond motifs is 18. The maximum Gasteiger partial charge on any atom is 0.212 e. The molecule has 0 amide bonds. The van der Waals surface area contributed by atoms with Gasteiger partial charge in [0.15, 0.2) is 24.8 Å². The Morgan fingerprint density at radius 1 is 0.232 bits per heavy atom. The molecule has 0 saturated carbocycles. The predicted octanol–water partition coefficient (Wildman–Crippen LogP) is 24.6. The van der Waals surface area contributed by atoms with E-state index in [1.165, 1.54) is 199 Å². The SMILES string of the molecule is Cc1ccc2c(c1-c1cccc[n+]1C)C(C)(C)C(C)(C)c1cc3ccccc3cc1-2.Cc1ccc2c(c1-c1cccc[n+]1C)C(C)(C)C(C)(C)c1ccc3ccccc3c1-2.Cc1ccc2c(c1-c1cccc[n+]1C)CCc1cc3ccccc3cc1-2.Cc1ccc2c(c1-c1cccc[n+]1C)CCc1ccc3ccccc3c1-2. The number of aromatic nitrogens is 4. The first-order valence-corrected chi connectivity index (χ1v) is 40.4. The highest BCUT2D eigenvalue weighted by atomic mass is 14.9. The summed E-state index contributed by atoms with van der Waals surface area (Å²) in [5.41, 5.74) is 39.0. The lowest BCUT2D eigenvalue weighted by Gasteiger charge is -2.49. The van der Waals surface area contributed by atoms with Crippen molar-refractivity contribution in [2.45, 2.75) is 130 Å². The molecule has 0 aliphatic heterocycles. The molecule has 0 atom stereocenters. The topological polar surface area (TPSA) is 15.5 Å². The third-order valence-electron chi connectivity index (χ3n) is 27.0. The van der Waals surface area contributed by atoms with Gasteiger partial charge in [0.05, 0.1) is 22.3 Å². The zero-order valence-corrected chi connectivity index (χ0v) is 68.3. The van der Waals surface area contributed by atoms with Gasteiger partial charge in [-0.15, -0.1) is 0 Å². The molecule has 0 bridgehead atoms. The molecule has 4 heteroatoms. The van der Waals surface area contributed by atoms with Crippen molar-refractivity contribution in [2.75, 3.05) is 0 Å². The number of hydrogen-bond acceptors (Lipinski definition) is 0. The van der Waals surface area contributed by atoms with Crippen molar-refractivity contribution in [3.05, 3.63) is 358 Å². The van der Waals surface area contributed by atoms with Crippen LogP contribution in [-0.4, -0.2) is 0 Å². The van der Waals surface area contributed by atoms with Gasteiger partial charge in [-0.25, -0.2) is 18.3 Å². The zero-order chi connectivity index (χ0) is 77.9. The monoisotopic (exact) mass is 1460 g/mol. The van der Waals surface area contributed by atoms with E-state index in [0.717, 1.165) is 25.7 Å². The van der Waals surface area contributed by atoms with E-state index < -0.39 is 0 Å². The highest BCUT2D eigenvalue weighted by Gasteiger charge is 2.50. The standard InChI is InChI=1S/2C29H30N.2C25H22N/c1-19-14-16-22-26-21-12-8-7-11-20(21)15-17-23(26)28(2,3)29(4,5)27(22)25(19)24-13-9-10-18-30(24)6;1-19-14-15-22-23-17-20-11-7-8-12-21(20)18-24(23)28(2,3)29(4,5)27(22)26(19)25-13-9-10-16-30(25)6;1-17-10-14-22-21(24(17)23-9-5-6-16-26(23)2)15-13-19-12-11-18-7-3-4-8-20(18)25(19)22;1-17-10-12-21-22(25(17)24-9-5-6-14-26(24)2)13-11-20-15-18-7-3-4-8-19(18)16-23(20)21/h2*7-18H,1-6H3;3-12,14,16H,13,15H2,1-2H3;3-10,12,14-16H,11,13H2,1-2H3/q4*+1. The summed E-state index contributed by atoms with van der Waals surface area (Å²) in [7, 11) is 8.58. The molecule has 4 aliphatic rings. The van der Waals surface area contributed by atoms with Crippen LogP contribution in [0, 0.1) is 27.7 Å². The Morgan fingerprint density at radius 3 is 1.09 bits per heavy atom. The first-order valence-electron chi connectivity index (χ1n) is 40.4. The maximum absolute atomic E-state index is 2.43. The smallest absolute Gasteiger partial charge is 0.201 e. The molecule has 4 heterocycles. The van der Waals surface area contributed by atoms with Crippen molar-refractivity contribution >= 4 is 43.1 Å². The van der Waals surface area contributed by atoms with Crippen LogP contribution in [0.15, 0.2) is 292 Å². The van der Waals surface area contributed by atoms with Gasteiger partial charge in [0.25, 0.3) is 0 Å². The normalized spacial score (nSPS) is 14.6. The van der Waals surface area contributed by atoms with Gasteiger partial charge in [-0.2, -0.15) is 0 Å². The fraction of sp³-hybridized carbons (Fsp3) is 0.222. The lowest BCUT2D eigenvalue weighted by molar-refractivity contribution is -0.660. The molecule has 4 nitrogen and oxygen atoms in total. The summed E-state index contributed by atoms with van der Waals surface area (Å²) in [4.78, 5) is 0. The molecule has 0 N–H and O–H groups in total. The van der Waals surface area contributed by atoms with Crippen molar-refractivity contribution < 1.29 is 18.3 Å². The highest BCUT2D eigenvalue weighted by molar-refractivity contribution is 6.04. The van der Waals surface area contributed by atoms with Gasteiger partial charge in [0, 0.05) is 59.4 Å². The summed E-state index contributed by atoms with van der Waals surface area (Å²) in [5.74, 6) is 0. The number of pyridine rings is 4. The van der Waals surface area contributed by atoms with Crippen molar-refractivity contribution in [3.63, 3.8) is 0 Å². The average molecular weight is 1460 g/mol. The van der Waals surface area contributed by atoms with Crippen LogP contribution in [-0.2, 0) is 75.5 Å².